The van der Waals surface area contributed by atoms with Crippen LogP contribution in [0.5, 0.6) is 0 Å². The lowest BCUT2D eigenvalue weighted by Gasteiger charge is -2.15. The third-order valence-electron chi connectivity index (χ3n) is 3.24. The van der Waals surface area contributed by atoms with Crippen molar-refractivity contribution in [1.29, 1.82) is 0 Å². The average molecular weight is 261 g/mol. The van der Waals surface area contributed by atoms with Crippen LogP contribution in [0.3, 0.4) is 0 Å². The maximum atomic E-state index is 13.4. The molecule has 0 heterocycles. The number of nitrogens with two attached hydrogens (primary N) is 1. The molecule has 2 aromatic carbocycles. The van der Waals surface area contributed by atoms with E-state index in [1.807, 2.05) is 19.9 Å². The molecule has 1 unspecified atom stereocenters. The van der Waals surface area contributed by atoms with Crippen molar-refractivity contribution in [3.05, 3.63) is 70.3 Å². The Hall–Kier alpha value is -1.74. The summed E-state index contributed by atoms with van der Waals surface area (Å²) in [5.41, 5.74) is 9.57. The van der Waals surface area contributed by atoms with Gasteiger partial charge in [-0.05, 0) is 66.8 Å². The van der Waals surface area contributed by atoms with Gasteiger partial charge in [-0.2, -0.15) is 0 Å². The van der Waals surface area contributed by atoms with Crippen molar-refractivity contribution in [2.24, 2.45) is 5.73 Å². The molecule has 19 heavy (non-hydrogen) atoms. The largest absolute Gasteiger partial charge is 0.324 e. The molecule has 100 valence electrons. The van der Waals surface area contributed by atoms with E-state index in [9.17, 15) is 8.78 Å². The summed E-state index contributed by atoms with van der Waals surface area (Å²) in [5, 5.41) is 0. The van der Waals surface area contributed by atoms with Crippen LogP contribution in [0.2, 0.25) is 0 Å². The highest BCUT2D eigenvalue weighted by Crippen LogP contribution is 2.21. The maximum absolute atomic E-state index is 13.4. The van der Waals surface area contributed by atoms with E-state index < -0.39 is 0 Å². The van der Waals surface area contributed by atoms with Gasteiger partial charge in [0, 0.05) is 6.04 Å². The summed E-state index contributed by atoms with van der Waals surface area (Å²) in [7, 11) is 0. The van der Waals surface area contributed by atoms with E-state index in [0.29, 0.717) is 6.42 Å². The van der Waals surface area contributed by atoms with Crippen LogP contribution in [0, 0.1) is 25.5 Å². The summed E-state index contributed by atoms with van der Waals surface area (Å²) in [4.78, 5) is 0. The normalized spacial score (nSPS) is 12.5. The molecule has 0 aliphatic rings. The molecule has 0 saturated heterocycles. The molecule has 0 aliphatic carbocycles. The lowest BCUT2D eigenvalue weighted by Crippen LogP contribution is -2.14. The van der Waals surface area contributed by atoms with Gasteiger partial charge in [0.15, 0.2) is 0 Å². The molecule has 0 aliphatic heterocycles. The van der Waals surface area contributed by atoms with E-state index in [-0.39, 0.29) is 17.7 Å². The monoisotopic (exact) mass is 261 g/mol. The fourth-order valence-electron chi connectivity index (χ4n) is 2.22. The summed E-state index contributed by atoms with van der Waals surface area (Å²) >= 11 is 0. The first-order valence-electron chi connectivity index (χ1n) is 6.23. The maximum Gasteiger partial charge on any atom is 0.123 e. The van der Waals surface area contributed by atoms with E-state index in [4.69, 9.17) is 5.73 Å². The molecule has 0 bridgehead atoms. The smallest absolute Gasteiger partial charge is 0.123 e. The molecule has 0 fully saturated rings. The first kappa shape index (κ1) is 13.7. The van der Waals surface area contributed by atoms with Gasteiger partial charge >= 0.3 is 0 Å². The van der Waals surface area contributed by atoms with Crippen LogP contribution in [0.4, 0.5) is 8.78 Å². The molecule has 2 aromatic rings. The number of benzene rings is 2. The van der Waals surface area contributed by atoms with Gasteiger partial charge in [0.2, 0.25) is 0 Å². The van der Waals surface area contributed by atoms with Crippen LogP contribution in [-0.4, -0.2) is 0 Å². The van der Waals surface area contributed by atoms with E-state index in [2.05, 4.69) is 0 Å². The van der Waals surface area contributed by atoms with Crippen LogP contribution in [0.25, 0.3) is 0 Å². The quantitative estimate of drug-likeness (QED) is 0.893. The Morgan fingerprint density at radius 3 is 2.37 bits per heavy atom. The fourth-order valence-corrected chi connectivity index (χ4v) is 2.22. The molecular weight excluding hydrogens is 244 g/mol. The minimum Gasteiger partial charge on any atom is -0.324 e. The van der Waals surface area contributed by atoms with Gasteiger partial charge < -0.3 is 5.73 Å². The molecule has 0 spiro atoms. The molecule has 2 rings (SSSR count). The van der Waals surface area contributed by atoms with Crippen molar-refractivity contribution in [2.75, 3.05) is 0 Å². The fraction of sp³-hybridized carbons (Fsp3) is 0.250. The molecule has 3 heteroatoms. The molecular formula is C16H17F2N. The molecule has 0 radical (unpaired) electrons. The van der Waals surface area contributed by atoms with Gasteiger partial charge in [0.25, 0.3) is 0 Å². The van der Waals surface area contributed by atoms with Gasteiger partial charge in [-0.15, -0.1) is 0 Å². The Bertz CT molecular complexity index is 573. The standard InChI is InChI=1S/C16H17F2N/c1-10-5-13(8-15(18)6-10)16(19)9-12-3-4-14(17)7-11(12)2/h3-8,16H,9,19H2,1-2H3. The molecule has 1 nitrogen and oxygen atoms in total. The zero-order valence-electron chi connectivity index (χ0n) is 11.1. The average Bonchev–Trinajstić information content (AvgIpc) is 2.31. The second-order valence-corrected chi connectivity index (χ2v) is 4.94. The second kappa shape index (κ2) is 5.49. The Balaban J connectivity index is 2.22. The van der Waals surface area contributed by atoms with Gasteiger partial charge in [0.05, 0.1) is 0 Å². The van der Waals surface area contributed by atoms with Crippen LogP contribution in [-0.2, 0) is 6.42 Å². The van der Waals surface area contributed by atoms with Gasteiger partial charge in [0.1, 0.15) is 11.6 Å². The topological polar surface area (TPSA) is 26.0 Å². The van der Waals surface area contributed by atoms with E-state index >= 15 is 0 Å². The Kier molecular flexibility index (Phi) is 3.96. The van der Waals surface area contributed by atoms with E-state index in [1.165, 1.54) is 24.3 Å². The van der Waals surface area contributed by atoms with Gasteiger partial charge in [-0.3, -0.25) is 0 Å². The highest BCUT2D eigenvalue weighted by molar-refractivity contribution is 5.31. The second-order valence-electron chi connectivity index (χ2n) is 4.94. The lowest BCUT2D eigenvalue weighted by atomic mass is 9.96. The van der Waals surface area contributed by atoms with E-state index in [0.717, 1.165) is 22.3 Å². The van der Waals surface area contributed by atoms with Gasteiger partial charge in [-0.25, -0.2) is 8.78 Å². The van der Waals surface area contributed by atoms with Crippen molar-refractivity contribution >= 4 is 0 Å². The summed E-state index contributed by atoms with van der Waals surface area (Å²) in [5.74, 6) is -0.530. The zero-order valence-corrected chi connectivity index (χ0v) is 11.1. The third-order valence-corrected chi connectivity index (χ3v) is 3.24. The van der Waals surface area contributed by atoms with Crippen LogP contribution in [0.1, 0.15) is 28.3 Å². The Morgan fingerprint density at radius 1 is 1.00 bits per heavy atom. The highest BCUT2D eigenvalue weighted by atomic mass is 19.1. The summed E-state index contributed by atoms with van der Waals surface area (Å²) in [6, 6.07) is 9.16. The molecule has 2 N–H and O–H groups in total. The summed E-state index contributed by atoms with van der Waals surface area (Å²) in [6.45, 7) is 3.68. The number of hydrogen-bond acceptors (Lipinski definition) is 1. The Morgan fingerprint density at radius 2 is 1.74 bits per heavy atom. The first-order valence-corrected chi connectivity index (χ1v) is 6.23. The predicted octanol–water partition coefficient (Wildman–Crippen LogP) is 3.82. The van der Waals surface area contributed by atoms with Crippen molar-refractivity contribution < 1.29 is 8.78 Å². The molecule has 1 atom stereocenters. The van der Waals surface area contributed by atoms with Crippen LogP contribution >= 0.6 is 0 Å². The predicted molar refractivity (Wildman–Crippen MR) is 72.9 cm³/mol. The minimum atomic E-state index is -0.293. The Labute approximate surface area is 112 Å². The first-order chi connectivity index (χ1) is 8.95. The SMILES string of the molecule is Cc1cc(F)cc(C(N)Cc2ccc(F)cc2C)c1. The van der Waals surface area contributed by atoms with Crippen LogP contribution < -0.4 is 5.73 Å². The van der Waals surface area contributed by atoms with Crippen molar-refractivity contribution in [1.82, 2.24) is 0 Å². The lowest BCUT2D eigenvalue weighted by molar-refractivity contribution is 0.615. The molecule has 0 amide bonds. The number of aryl methyl sites for hydroxylation is 2. The van der Waals surface area contributed by atoms with Crippen molar-refractivity contribution in [3.8, 4) is 0 Å². The van der Waals surface area contributed by atoms with Crippen LogP contribution in [0.15, 0.2) is 36.4 Å². The summed E-state index contributed by atoms with van der Waals surface area (Å²) in [6.07, 6.45) is 0.564. The minimum absolute atomic E-state index is 0.253. The van der Waals surface area contributed by atoms with Gasteiger partial charge in [-0.1, -0.05) is 12.1 Å². The number of rotatable bonds is 3. The van der Waals surface area contributed by atoms with Crippen molar-refractivity contribution in [2.45, 2.75) is 26.3 Å². The third kappa shape index (κ3) is 3.38. The number of hydrogen-bond donors (Lipinski definition) is 1. The summed E-state index contributed by atoms with van der Waals surface area (Å²) < 4.78 is 26.4. The van der Waals surface area contributed by atoms with E-state index in [1.54, 1.807) is 6.07 Å². The van der Waals surface area contributed by atoms with Crippen molar-refractivity contribution in [3.63, 3.8) is 0 Å². The molecule has 0 aromatic heterocycles. The number of halogens is 2. The highest BCUT2D eigenvalue weighted by Gasteiger charge is 2.11. The molecule has 0 saturated carbocycles. The zero-order chi connectivity index (χ0) is 14.0.